The molecule has 5 nitrogen and oxygen atoms in total. The van der Waals surface area contributed by atoms with E-state index < -0.39 is 21.8 Å². The minimum atomic E-state index is -3.93. The van der Waals surface area contributed by atoms with Gasteiger partial charge in [-0.15, -0.1) is 0 Å². The molecule has 0 amide bonds. The molecule has 1 aliphatic rings. The molecule has 1 aromatic heterocycles. The molecule has 0 aliphatic heterocycles. The Labute approximate surface area is 144 Å². The van der Waals surface area contributed by atoms with E-state index >= 15 is 0 Å². The molecule has 1 unspecified atom stereocenters. The highest BCUT2D eigenvalue weighted by Crippen LogP contribution is 2.42. The van der Waals surface area contributed by atoms with Gasteiger partial charge in [-0.3, -0.25) is 0 Å². The van der Waals surface area contributed by atoms with Crippen LogP contribution in [0.2, 0.25) is 10.2 Å². The van der Waals surface area contributed by atoms with Gasteiger partial charge in [0.25, 0.3) is 0 Å². The van der Waals surface area contributed by atoms with Crippen LogP contribution >= 0.6 is 23.2 Å². The largest absolute Gasteiger partial charge is 0.505 e. The minimum absolute atomic E-state index is 0.0113. The number of aromatic hydroxyl groups is 1. The van der Waals surface area contributed by atoms with Gasteiger partial charge in [0, 0.05) is 12.2 Å². The first kappa shape index (κ1) is 16.5. The fraction of sp³-hybridized carbons (Fsp3) is 0.267. The van der Waals surface area contributed by atoms with Gasteiger partial charge in [-0.25, -0.2) is 18.1 Å². The molecule has 23 heavy (non-hydrogen) atoms. The first-order valence-corrected chi connectivity index (χ1v) is 9.23. The van der Waals surface area contributed by atoms with Crippen molar-refractivity contribution >= 4 is 33.2 Å². The lowest BCUT2D eigenvalue weighted by molar-refractivity contribution is 0.456. The first-order chi connectivity index (χ1) is 10.9. The van der Waals surface area contributed by atoms with Crippen LogP contribution in [-0.4, -0.2) is 18.5 Å². The van der Waals surface area contributed by atoms with E-state index in [9.17, 15) is 13.5 Å². The molecule has 0 spiro atoms. The smallest absolute Gasteiger partial charge is 0.244 e. The molecule has 1 saturated carbocycles. The summed E-state index contributed by atoms with van der Waals surface area (Å²) in [6, 6.07) is 7.18. The number of pyridine rings is 1. The SMILES string of the molecule is O=S(=O)(NC(c1ccnc(Cl)c1)C1CC1)c1cccc(Cl)c1O. The van der Waals surface area contributed by atoms with E-state index in [-0.39, 0.29) is 15.8 Å². The van der Waals surface area contributed by atoms with Crippen LogP contribution in [0.4, 0.5) is 0 Å². The third-order valence-corrected chi connectivity index (χ3v) is 5.71. The number of sulfonamides is 1. The molecule has 8 heteroatoms. The number of phenolic OH excluding ortho intramolecular Hbond substituents is 1. The van der Waals surface area contributed by atoms with Gasteiger partial charge >= 0.3 is 0 Å². The lowest BCUT2D eigenvalue weighted by atomic mass is 10.1. The van der Waals surface area contributed by atoms with Crippen molar-refractivity contribution in [2.45, 2.75) is 23.8 Å². The van der Waals surface area contributed by atoms with E-state index in [0.717, 1.165) is 18.4 Å². The van der Waals surface area contributed by atoms with E-state index in [0.29, 0.717) is 5.15 Å². The topological polar surface area (TPSA) is 79.3 Å². The molecule has 1 atom stereocenters. The highest BCUT2D eigenvalue weighted by molar-refractivity contribution is 7.89. The van der Waals surface area contributed by atoms with E-state index in [2.05, 4.69) is 9.71 Å². The zero-order valence-corrected chi connectivity index (χ0v) is 14.2. The predicted molar refractivity (Wildman–Crippen MR) is 88.2 cm³/mol. The molecular weight excluding hydrogens is 359 g/mol. The number of halogens is 2. The van der Waals surface area contributed by atoms with Gasteiger partial charge in [-0.1, -0.05) is 29.3 Å². The van der Waals surface area contributed by atoms with Crippen molar-refractivity contribution in [3.05, 3.63) is 52.3 Å². The fourth-order valence-electron chi connectivity index (χ4n) is 2.42. The summed E-state index contributed by atoms with van der Waals surface area (Å²) in [5.41, 5.74) is 0.748. The summed E-state index contributed by atoms with van der Waals surface area (Å²) in [5, 5.41) is 10.2. The van der Waals surface area contributed by atoms with Crippen LogP contribution in [0.25, 0.3) is 0 Å². The standard InChI is InChI=1S/C15H14Cl2N2O3S/c16-11-2-1-3-12(15(11)20)23(21,22)19-14(9-4-5-9)10-6-7-18-13(17)8-10/h1-3,6-9,14,19-20H,4-5H2. The van der Waals surface area contributed by atoms with Gasteiger partial charge in [-0.2, -0.15) is 0 Å². The van der Waals surface area contributed by atoms with Crippen molar-refractivity contribution in [3.8, 4) is 5.75 Å². The molecule has 2 aromatic rings. The number of nitrogens with zero attached hydrogens (tertiary/aromatic N) is 1. The Bertz CT molecular complexity index is 838. The third kappa shape index (κ3) is 3.61. The monoisotopic (exact) mass is 372 g/mol. The maximum atomic E-state index is 12.6. The van der Waals surface area contributed by atoms with Crippen molar-refractivity contribution in [3.63, 3.8) is 0 Å². The third-order valence-electron chi connectivity index (χ3n) is 3.72. The zero-order valence-electron chi connectivity index (χ0n) is 11.9. The summed E-state index contributed by atoms with van der Waals surface area (Å²) < 4.78 is 27.9. The number of phenols is 1. The summed E-state index contributed by atoms with van der Waals surface area (Å²) >= 11 is 11.7. The molecule has 1 aromatic carbocycles. The summed E-state index contributed by atoms with van der Waals surface area (Å²) in [5.74, 6) is -0.256. The fourth-order valence-corrected chi connectivity index (χ4v) is 4.24. The van der Waals surface area contributed by atoms with Crippen LogP contribution in [-0.2, 0) is 10.0 Å². The molecular formula is C15H14Cl2N2O3S. The lowest BCUT2D eigenvalue weighted by Gasteiger charge is -2.19. The maximum Gasteiger partial charge on any atom is 0.244 e. The molecule has 0 bridgehead atoms. The second kappa shape index (κ2) is 6.28. The van der Waals surface area contributed by atoms with E-state index in [1.165, 1.54) is 24.4 Å². The molecule has 1 heterocycles. The summed E-state index contributed by atoms with van der Waals surface area (Å²) in [6.07, 6.45) is 3.39. The maximum absolute atomic E-state index is 12.6. The Kier molecular flexibility index (Phi) is 4.51. The Morgan fingerprint density at radius 2 is 2.00 bits per heavy atom. The number of aromatic nitrogens is 1. The zero-order chi connectivity index (χ0) is 16.6. The van der Waals surface area contributed by atoms with Gasteiger partial charge in [0.2, 0.25) is 10.0 Å². The Balaban J connectivity index is 1.95. The highest BCUT2D eigenvalue weighted by Gasteiger charge is 2.36. The van der Waals surface area contributed by atoms with Gasteiger partial charge in [0.15, 0.2) is 5.75 Å². The number of benzene rings is 1. The molecule has 0 radical (unpaired) electrons. The van der Waals surface area contributed by atoms with E-state index in [1.54, 1.807) is 12.1 Å². The second-order valence-corrected chi connectivity index (χ2v) is 7.91. The van der Waals surface area contributed by atoms with E-state index in [1.807, 2.05) is 0 Å². The van der Waals surface area contributed by atoms with Crippen LogP contribution in [0.1, 0.15) is 24.4 Å². The van der Waals surface area contributed by atoms with Crippen molar-refractivity contribution < 1.29 is 13.5 Å². The van der Waals surface area contributed by atoms with Crippen LogP contribution in [0.3, 0.4) is 0 Å². The lowest BCUT2D eigenvalue weighted by Crippen LogP contribution is -2.30. The first-order valence-electron chi connectivity index (χ1n) is 7.00. The number of para-hydroxylation sites is 1. The number of hydrogen-bond acceptors (Lipinski definition) is 4. The van der Waals surface area contributed by atoms with Crippen molar-refractivity contribution in [2.75, 3.05) is 0 Å². The van der Waals surface area contributed by atoms with Crippen molar-refractivity contribution in [2.24, 2.45) is 5.92 Å². The van der Waals surface area contributed by atoms with Crippen molar-refractivity contribution in [1.82, 2.24) is 9.71 Å². The summed E-state index contributed by atoms with van der Waals surface area (Å²) in [6.45, 7) is 0. The highest BCUT2D eigenvalue weighted by atomic mass is 35.5. The molecule has 1 aliphatic carbocycles. The average Bonchev–Trinajstić information content (AvgIpc) is 3.32. The predicted octanol–water partition coefficient (Wildman–Crippen LogP) is 3.52. The Morgan fingerprint density at radius 1 is 1.26 bits per heavy atom. The van der Waals surface area contributed by atoms with E-state index in [4.69, 9.17) is 23.2 Å². The average molecular weight is 373 g/mol. The number of nitrogens with one attached hydrogen (secondary N) is 1. The van der Waals surface area contributed by atoms with Crippen LogP contribution in [0.15, 0.2) is 41.4 Å². The summed E-state index contributed by atoms with van der Waals surface area (Å²) in [7, 11) is -3.93. The molecule has 122 valence electrons. The second-order valence-electron chi connectivity index (χ2n) is 5.43. The molecule has 1 fully saturated rings. The van der Waals surface area contributed by atoms with Crippen molar-refractivity contribution in [1.29, 1.82) is 0 Å². The molecule has 2 N–H and O–H groups in total. The normalized spacial score (nSPS) is 16.3. The Hall–Kier alpha value is -1.34. The van der Waals surface area contributed by atoms with Crippen LogP contribution in [0.5, 0.6) is 5.75 Å². The number of hydrogen-bond donors (Lipinski definition) is 2. The Morgan fingerprint density at radius 3 is 2.65 bits per heavy atom. The van der Waals surface area contributed by atoms with Gasteiger partial charge in [0.05, 0.1) is 5.02 Å². The number of rotatable bonds is 5. The molecule has 0 saturated heterocycles. The van der Waals surface area contributed by atoms with Crippen LogP contribution in [0, 0.1) is 5.92 Å². The quantitative estimate of drug-likeness (QED) is 0.786. The summed E-state index contributed by atoms with van der Waals surface area (Å²) in [4.78, 5) is 3.67. The van der Waals surface area contributed by atoms with Gasteiger partial charge in [-0.05, 0) is 48.6 Å². The minimum Gasteiger partial charge on any atom is -0.505 e. The van der Waals surface area contributed by atoms with Gasteiger partial charge in [0.1, 0.15) is 10.0 Å². The van der Waals surface area contributed by atoms with Crippen LogP contribution < -0.4 is 4.72 Å². The molecule has 3 rings (SSSR count). The van der Waals surface area contributed by atoms with Gasteiger partial charge < -0.3 is 5.11 Å².